The molecule has 0 aromatic carbocycles. The number of rotatable bonds is 12. The summed E-state index contributed by atoms with van der Waals surface area (Å²) in [5, 5.41) is 44.8. The van der Waals surface area contributed by atoms with E-state index in [1.807, 2.05) is 6.92 Å². The van der Waals surface area contributed by atoms with Crippen molar-refractivity contribution in [1.82, 2.24) is 0 Å². The van der Waals surface area contributed by atoms with E-state index in [-0.39, 0.29) is 32.0 Å². The van der Waals surface area contributed by atoms with Crippen LogP contribution >= 0.6 is 0 Å². The lowest BCUT2D eigenvalue weighted by Gasteiger charge is -2.27. The Labute approximate surface area is 165 Å². The lowest BCUT2D eigenvalue weighted by Crippen LogP contribution is -2.39. The van der Waals surface area contributed by atoms with Gasteiger partial charge in [0.15, 0.2) is 0 Å². The summed E-state index contributed by atoms with van der Waals surface area (Å²) in [7, 11) is 0. The minimum atomic E-state index is -1.18. The predicted molar refractivity (Wildman–Crippen MR) is 102 cm³/mol. The van der Waals surface area contributed by atoms with Crippen LogP contribution in [0.5, 0.6) is 0 Å². The quantitative estimate of drug-likeness (QED) is 0.214. The van der Waals surface area contributed by atoms with Gasteiger partial charge in [-0.3, -0.25) is 0 Å². The standard InChI is InChI=1S/C10H18O4.C9H16O5/c1-4-10(5-11,6-12)7-14-9(13)8(2)3;1-7(2)8(13)14-6-9(3-10,4-11)5-12/h11-12H,2,4-7H2,1,3H3;10-12H,1,3-6H2,2H3. The molecule has 9 nitrogen and oxygen atoms in total. The monoisotopic (exact) mass is 406 g/mol. The van der Waals surface area contributed by atoms with E-state index in [0.29, 0.717) is 12.0 Å². The van der Waals surface area contributed by atoms with E-state index >= 15 is 0 Å². The van der Waals surface area contributed by atoms with Gasteiger partial charge in [-0.2, -0.15) is 0 Å². The second kappa shape index (κ2) is 14.3. The molecule has 0 fully saturated rings. The average Bonchev–Trinajstić information content (AvgIpc) is 2.70. The van der Waals surface area contributed by atoms with Crippen LogP contribution in [0.15, 0.2) is 24.3 Å². The van der Waals surface area contributed by atoms with E-state index < -0.39 is 42.6 Å². The van der Waals surface area contributed by atoms with Crippen molar-refractivity contribution in [2.24, 2.45) is 10.8 Å². The van der Waals surface area contributed by atoms with Gasteiger partial charge in [0.25, 0.3) is 0 Å². The van der Waals surface area contributed by atoms with Gasteiger partial charge in [0, 0.05) is 11.1 Å². The minimum Gasteiger partial charge on any atom is -0.462 e. The van der Waals surface area contributed by atoms with Crippen LogP contribution in [-0.2, 0) is 19.1 Å². The molecular weight excluding hydrogens is 372 g/mol. The highest BCUT2D eigenvalue weighted by Gasteiger charge is 2.30. The maximum Gasteiger partial charge on any atom is 0.333 e. The lowest BCUT2D eigenvalue weighted by atomic mass is 9.88. The van der Waals surface area contributed by atoms with Crippen molar-refractivity contribution in [1.29, 1.82) is 0 Å². The molecule has 164 valence electrons. The van der Waals surface area contributed by atoms with Crippen LogP contribution in [0.3, 0.4) is 0 Å². The fraction of sp³-hybridized carbons (Fsp3) is 0.684. The van der Waals surface area contributed by atoms with Gasteiger partial charge in [-0.1, -0.05) is 20.1 Å². The van der Waals surface area contributed by atoms with E-state index in [2.05, 4.69) is 13.2 Å². The maximum atomic E-state index is 11.1. The third-order valence-electron chi connectivity index (χ3n) is 4.14. The van der Waals surface area contributed by atoms with E-state index in [0.717, 1.165) is 0 Å². The zero-order valence-electron chi connectivity index (χ0n) is 16.9. The second-order valence-corrected chi connectivity index (χ2v) is 6.86. The van der Waals surface area contributed by atoms with Crippen LogP contribution < -0.4 is 0 Å². The highest BCUT2D eigenvalue weighted by atomic mass is 16.5. The topological polar surface area (TPSA) is 154 Å². The van der Waals surface area contributed by atoms with E-state index in [4.69, 9.17) is 35.0 Å². The molecule has 0 aromatic rings. The lowest BCUT2D eigenvalue weighted by molar-refractivity contribution is -0.147. The first-order chi connectivity index (χ1) is 13.0. The zero-order valence-corrected chi connectivity index (χ0v) is 16.9. The van der Waals surface area contributed by atoms with Crippen molar-refractivity contribution in [3.63, 3.8) is 0 Å². The third-order valence-corrected chi connectivity index (χ3v) is 4.14. The molecule has 0 aliphatic carbocycles. The summed E-state index contributed by atoms with van der Waals surface area (Å²) in [6.07, 6.45) is 0.545. The summed E-state index contributed by atoms with van der Waals surface area (Å²) in [4.78, 5) is 22.0. The Morgan fingerprint density at radius 1 is 0.714 bits per heavy atom. The number of aliphatic hydroxyl groups excluding tert-OH is 5. The molecule has 0 aliphatic rings. The van der Waals surface area contributed by atoms with Crippen LogP contribution in [-0.4, -0.2) is 83.7 Å². The molecule has 5 N–H and O–H groups in total. The number of carbonyl (C=O) groups is 2. The number of esters is 2. The van der Waals surface area contributed by atoms with Crippen LogP contribution in [0.25, 0.3) is 0 Å². The first-order valence-corrected chi connectivity index (χ1v) is 8.72. The molecule has 0 aliphatic heterocycles. The molecule has 9 heteroatoms. The predicted octanol–water partition coefficient (Wildman–Crippen LogP) is -0.444. The van der Waals surface area contributed by atoms with Crippen molar-refractivity contribution < 1.29 is 44.6 Å². The normalized spacial score (nSPS) is 11.1. The summed E-state index contributed by atoms with van der Waals surface area (Å²) in [6.45, 7) is 9.67. The van der Waals surface area contributed by atoms with Crippen LogP contribution in [0.4, 0.5) is 0 Å². The number of hydrogen-bond acceptors (Lipinski definition) is 9. The fourth-order valence-corrected chi connectivity index (χ4v) is 1.44. The largest absolute Gasteiger partial charge is 0.462 e. The zero-order chi connectivity index (χ0) is 22.4. The molecule has 0 saturated heterocycles. The van der Waals surface area contributed by atoms with Crippen molar-refractivity contribution in [2.75, 3.05) is 46.2 Å². The van der Waals surface area contributed by atoms with Crippen molar-refractivity contribution >= 4 is 11.9 Å². The molecule has 0 rings (SSSR count). The molecule has 0 radical (unpaired) electrons. The van der Waals surface area contributed by atoms with E-state index in [9.17, 15) is 9.59 Å². The molecule has 0 aromatic heterocycles. The van der Waals surface area contributed by atoms with Gasteiger partial charge in [0.2, 0.25) is 0 Å². The summed E-state index contributed by atoms with van der Waals surface area (Å²) >= 11 is 0. The minimum absolute atomic E-state index is 0.0161. The van der Waals surface area contributed by atoms with Crippen molar-refractivity contribution in [3.05, 3.63) is 24.3 Å². The Morgan fingerprint density at radius 2 is 1.00 bits per heavy atom. The van der Waals surface area contributed by atoms with Crippen LogP contribution in [0, 0.1) is 10.8 Å². The maximum absolute atomic E-state index is 11.1. The van der Waals surface area contributed by atoms with E-state index in [1.54, 1.807) is 6.92 Å². The Morgan fingerprint density at radius 3 is 1.21 bits per heavy atom. The van der Waals surface area contributed by atoms with Gasteiger partial charge in [-0.05, 0) is 20.3 Å². The van der Waals surface area contributed by atoms with Gasteiger partial charge in [-0.15, -0.1) is 0 Å². The Hall–Kier alpha value is -1.78. The van der Waals surface area contributed by atoms with Crippen LogP contribution in [0.2, 0.25) is 0 Å². The first kappa shape index (κ1) is 28.4. The Bertz CT molecular complexity index is 443. The smallest absolute Gasteiger partial charge is 0.333 e. The molecule has 0 unspecified atom stereocenters. The molecule has 0 atom stereocenters. The molecule has 0 bridgehead atoms. The summed E-state index contributed by atoms with van der Waals surface area (Å²) in [6, 6.07) is 0. The third kappa shape index (κ3) is 9.95. The Balaban J connectivity index is 0. The number of hydrogen-bond donors (Lipinski definition) is 5. The molecule has 0 heterocycles. The van der Waals surface area contributed by atoms with Crippen molar-refractivity contribution in [2.45, 2.75) is 27.2 Å². The van der Waals surface area contributed by atoms with Gasteiger partial charge in [-0.25, -0.2) is 9.59 Å². The van der Waals surface area contributed by atoms with Gasteiger partial charge < -0.3 is 35.0 Å². The van der Waals surface area contributed by atoms with Gasteiger partial charge in [0.05, 0.1) is 43.9 Å². The highest BCUT2D eigenvalue weighted by Crippen LogP contribution is 2.21. The van der Waals surface area contributed by atoms with Gasteiger partial charge in [0.1, 0.15) is 13.2 Å². The Kier molecular flexibility index (Phi) is 14.5. The van der Waals surface area contributed by atoms with Crippen LogP contribution in [0.1, 0.15) is 27.2 Å². The highest BCUT2D eigenvalue weighted by molar-refractivity contribution is 5.87. The fourth-order valence-electron chi connectivity index (χ4n) is 1.44. The number of aliphatic hydroxyl groups is 5. The average molecular weight is 406 g/mol. The van der Waals surface area contributed by atoms with E-state index in [1.165, 1.54) is 6.92 Å². The molecular formula is C19H34O9. The molecule has 0 saturated carbocycles. The molecule has 28 heavy (non-hydrogen) atoms. The summed E-state index contributed by atoms with van der Waals surface area (Å²) < 4.78 is 9.61. The van der Waals surface area contributed by atoms with Gasteiger partial charge >= 0.3 is 11.9 Å². The molecule has 0 amide bonds. The number of carbonyl (C=O) groups excluding carboxylic acids is 2. The summed E-state index contributed by atoms with van der Waals surface area (Å²) in [5.41, 5.74) is -1.37. The first-order valence-electron chi connectivity index (χ1n) is 8.72. The number of ether oxygens (including phenoxy) is 2. The second-order valence-electron chi connectivity index (χ2n) is 6.86. The SMILES string of the molecule is C=C(C)C(=O)OCC(CC)(CO)CO.C=C(C)C(=O)OCC(CO)(CO)CO. The van der Waals surface area contributed by atoms with Crippen molar-refractivity contribution in [3.8, 4) is 0 Å². The molecule has 0 spiro atoms. The summed E-state index contributed by atoms with van der Waals surface area (Å²) in [5.74, 6) is -1.10.